The number of anilines is 1. The molecule has 0 aliphatic carbocycles. The molecule has 2 aromatic rings. The number of aromatic nitrogens is 2. The van der Waals surface area contributed by atoms with E-state index in [2.05, 4.69) is 20.6 Å². The van der Waals surface area contributed by atoms with Crippen LogP contribution in [0.1, 0.15) is 24.4 Å². The molecule has 0 aliphatic heterocycles. The zero-order chi connectivity index (χ0) is 13.7. The van der Waals surface area contributed by atoms with Crippen molar-refractivity contribution in [2.24, 2.45) is 0 Å². The molecule has 0 fully saturated rings. The Bertz CT molecular complexity index is 520. The largest absolute Gasteiger partial charge is 0.389 e. The molecule has 1 unspecified atom stereocenters. The van der Waals surface area contributed by atoms with Crippen molar-refractivity contribution in [3.63, 3.8) is 0 Å². The van der Waals surface area contributed by atoms with Crippen LogP contribution in [0.4, 0.5) is 10.5 Å². The van der Waals surface area contributed by atoms with Gasteiger partial charge in [-0.15, -0.1) is 0 Å². The second-order valence-corrected chi connectivity index (χ2v) is 4.14. The quantitative estimate of drug-likeness (QED) is 0.675. The third-order valence-electron chi connectivity index (χ3n) is 2.62. The lowest BCUT2D eigenvalue weighted by molar-refractivity contribution is 0.199. The molecule has 6 heteroatoms. The highest BCUT2D eigenvalue weighted by molar-refractivity contribution is 5.89. The number of hydrogen-bond donors (Lipinski definition) is 4. The fourth-order valence-corrected chi connectivity index (χ4v) is 1.58. The minimum absolute atomic E-state index is 0.304. The van der Waals surface area contributed by atoms with E-state index in [1.165, 1.54) is 0 Å². The van der Waals surface area contributed by atoms with Gasteiger partial charge in [0.25, 0.3) is 0 Å². The van der Waals surface area contributed by atoms with E-state index < -0.39 is 6.10 Å². The lowest BCUT2D eigenvalue weighted by atomic mass is 10.1. The molecule has 19 heavy (non-hydrogen) atoms. The SMILES string of the molecule is CC(O)c1ccc(NC(=O)NCc2ncc[nH]2)cc1. The second kappa shape index (κ2) is 6.01. The van der Waals surface area contributed by atoms with Crippen LogP contribution in [0.15, 0.2) is 36.7 Å². The van der Waals surface area contributed by atoms with E-state index in [0.717, 1.165) is 5.56 Å². The number of H-pyrrole nitrogens is 1. The molecular weight excluding hydrogens is 244 g/mol. The first kappa shape index (κ1) is 13.1. The molecule has 1 atom stereocenters. The lowest BCUT2D eigenvalue weighted by Crippen LogP contribution is -2.28. The Morgan fingerprint density at radius 2 is 2.16 bits per heavy atom. The fraction of sp³-hybridized carbons (Fsp3) is 0.231. The molecule has 0 spiro atoms. The molecule has 2 rings (SSSR count). The number of benzene rings is 1. The van der Waals surface area contributed by atoms with Gasteiger partial charge in [0.15, 0.2) is 0 Å². The minimum atomic E-state index is -0.512. The van der Waals surface area contributed by atoms with E-state index in [1.807, 2.05) is 0 Å². The third-order valence-corrected chi connectivity index (χ3v) is 2.62. The predicted octanol–water partition coefficient (Wildman–Crippen LogP) is 1.78. The minimum Gasteiger partial charge on any atom is -0.389 e. The van der Waals surface area contributed by atoms with Crippen LogP contribution in [0.25, 0.3) is 0 Å². The van der Waals surface area contributed by atoms with Crippen molar-refractivity contribution in [3.8, 4) is 0 Å². The lowest BCUT2D eigenvalue weighted by Gasteiger charge is -2.08. The Balaban J connectivity index is 1.84. The first-order valence-electron chi connectivity index (χ1n) is 5.96. The summed E-state index contributed by atoms with van der Waals surface area (Å²) in [6, 6.07) is 6.73. The number of imidazole rings is 1. The van der Waals surface area contributed by atoms with Gasteiger partial charge >= 0.3 is 6.03 Å². The Labute approximate surface area is 110 Å². The van der Waals surface area contributed by atoms with Crippen molar-refractivity contribution in [1.29, 1.82) is 0 Å². The highest BCUT2D eigenvalue weighted by Gasteiger charge is 2.04. The molecule has 1 aromatic heterocycles. The fourth-order valence-electron chi connectivity index (χ4n) is 1.58. The molecule has 4 N–H and O–H groups in total. The van der Waals surface area contributed by atoms with E-state index >= 15 is 0 Å². The van der Waals surface area contributed by atoms with Gasteiger partial charge in [0.2, 0.25) is 0 Å². The van der Waals surface area contributed by atoms with E-state index in [1.54, 1.807) is 43.6 Å². The average molecular weight is 260 g/mol. The summed E-state index contributed by atoms with van der Waals surface area (Å²) in [7, 11) is 0. The van der Waals surface area contributed by atoms with Gasteiger partial charge in [0.1, 0.15) is 5.82 Å². The van der Waals surface area contributed by atoms with E-state index in [4.69, 9.17) is 0 Å². The summed E-state index contributed by atoms with van der Waals surface area (Å²) in [6.07, 6.45) is 2.81. The zero-order valence-electron chi connectivity index (χ0n) is 10.6. The monoisotopic (exact) mass is 260 g/mol. The molecule has 0 bridgehead atoms. The molecule has 6 nitrogen and oxygen atoms in total. The molecular formula is C13H16N4O2. The molecule has 1 aromatic carbocycles. The van der Waals surface area contributed by atoms with Gasteiger partial charge in [-0.05, 0) is 24.6 Å². The Morgan fingerprint density at radius 1 is 1.42 bits per heavy atom. The van der Waals surface area contributed by atoms with Crippen LogP contribution < -0.4 is 10.6 Å². The smallest absolute Gasteiger partial charge is 0.319 e. The van der Waals surface area contributed by atoms with Gasteiger partial charge < -0.3 is 20.7 Å². The van der Waals surface area contributed by atoms with Gasteiger partial charge in [0, 0.05) is 18.1 Å². The summed E-state index contributed by atoms with van der Waals surface area (Å²) in [4.78, 5) is 18.5. The summed E-state index contributed by atoms with van der Waals surface area (Å²) in [5.74, 6) is 0.694. The number of amides is 2. The van der Waals surface area contributed by atoms with Crippen molar-refractivity contribution in [1.82, 2.24) is 15.3 Å². The van der Waals surface area contributed by atoms with E-state index in [0.29, 0.717) is 18.1 Å². The van der Waals surface area contributed by atoms with Crippen molar-refractivity contribution >= 4 is 11.7 Å². The van der Waals surface area contributed by atoms with Crippen LogP contribution >= 0.6 is 0 Å². The number of aliphatic hydroxyl groups excluding tert-OH is 1. The van der Waals surface area contributed by atoms with Crippen LogP contribution in [0, 0.1) is 0 Å². The maximum Gasteiger partial charge on any atom is 0.319 e. The average Bonchev–Trinajstić information content (AvgIpc) is 2.90. The Morgan fingerprint density at radius 3 is 2.74 bits per heavy atom. The first-order chi connectivity index (χ1) is 9.15. The summed E-state index contributed by atoms with van der Waals surface area (Å²) < 4.78 is 0. The number of rotatable bonds is 4. The number of nitrogens with one attached hydrogen (secondary N) is 3. The summed E-state index contributed by atoms with van der Waals surface area (Å²) in [5, 5.41) is 14.8. The van der Waals surface area contributed by atoms with E-state index in [-0.39, 0.29) is 6.03 Å². The van der Waals surface area contributed by atoms with Gasteiger partial charge in [-0.2, -0.15) is 0 Å². The maximum absolute atomic E-state index is 11.6. The van der Waals surface area contributed by atoms with Crippen molar-refractivity contribution in [3.05, 3.63) is 48.0 Å². The second-order valence-electron chi connectivity index (χ2n) is 4.14. The number of nitrogens with zero attached hydrogens (tertiary/aromatic N) is 1. The number of aliphatic hydroxyl groups is 1. The number of urea groups is 1. The number of carbonyl (C=O) groups is 1. The van der Waals surface area contributed by atoms with Crippen LogP contribution in [-0.4, -0.2) is 21.1 Å². The molecule has 0 radical (unpaired) electrons. The molecule has 0 saturated heterocycles. The molecule has 100 valence electrons. The van der Waals surface area contributed by atoms with E-state index in [9.17, 15) is 9.90 Å². The molecule has 0 aliphatic rings. The molecule has 1 heterocycles. The standard InChI is InChI=1S/C13H16N4O2/c1-9(18)10-2-4-11(5-3-10)17-13(19)16-8-12-14-6-7-15-12/h2-7,9,18H,8H2,1H3,(H,14,15)(H2,16,17,19). The highest BCUT2D eigenvalue weighted by atomic mass is 16.3. The van der Waals surface area contributed by atoms with Gasteiger partial charge in [-0.1, -0.05) is 12.1 Å². The van der Waals surface area contributed by atoms with Crippen molar-refractivity contribution in [2.75, 3.05) is 5.32 Å². The Hall–Kier alpha value is -2.34. The molecule has 0 saturated carbocycles. The first-order valence-corrected chi connectivity index (χ1v) is 5.96. The van der Waals surface area contributed by atoms with Crippen molar-refractivity contribution in [2.45, 2.75) is 19.6 Å². The van der Waals surface area contributed by atoms with Crippen LogP contribution in [-0.2, 0) is 6.54 Å². The normalized spacial score (nSPS) is 11.9. The van der Waals surface area contributed by atoms with Gasteiger partial charge in [-0.25, -0.2) is 9.78 Å². The van der Waals surface area contributed by atoms with Gasteiger partial charge in [-0.3, -0.25) is 0 Å². The number of hydrogen-bond acceptors (Lipinski definition) is 3. The Kier molecular flexibility index (Phi) is 4.15. The third kappa shape index (κ3) is 3.82. The van der Waals surface area contributed by atoms with Gasteiger partial charge in [0.05, 0.1) is 12.6 Å². The summed E-state index contributed by atoms with van der Waals surface area (Å²) in [6.45, 7) is 2.03. The van der Waals surface area contributed by atoms with Crippen LogP contribution in [0.5, 0.6) is 0 Å². The number of aromatic amines is 1. The summed E-state index contributed by atoms with van der Waals surface area (Å²) >= 11 is 0. The molecule has 2 amide bonds. The topological polar surface area (TPSA) is 90.0 Å². The van der Waals surface area contributed by atoms with Crippen LogP contribution in [0.2, 0.25) is 0 Å². The van der Waals surface area contributed by atoms with Crippen LogP contribution in [0.3, 0.4) is 0 Å². The summed E-state index contributed by atoms with van der Waals surface area (Å²) in [5.41, 5.74) is 1.47. The maximum atomic E-state index is 11.6. The predicted molar refractivity (Wildman–Crippen MR) is 71.5 cm³/mol. The van der Waals surface area contributed by atoms with Crippen molar-refractivity contribution < 1.29 is 9.90 Å². The highest BCUT2D eigenvalue weighted by Crippen LogP contribution is 2.15. The number of carbonyl (C=O) groups excluding carboxylic acids is 1. The zero-order valence-corrected chi connectivity index (χ0v) is 10.6.